The van der Waals surface area contributed by atoms with Crippen LogP contribution in [0.2, 0.25) is 0 Å². The summed E-state index contributed by atoms with van der Waals surface area (Å²) in [6.45, 7) is 6.40. The molecular formula is C16H22N2. The van der Waals surface area contributed by atoms with Crippen LogP contribution in [0.15, 0.2) is 24.3 Å². The number of hydrogen-bond acceptors (Lipinski definition) is 2. The molecule has 1 heterocycles. The first-order valence-electron chi connectivity index (χ1n) is 6.86. The van der Waals surface area contributed by atoms with E-state index in [2.05, 4.69) is 49.1 Å². The predicted octanol–water partition coefficient (Wildman–Crippen LogP) is 3.31. The second kappa shape index (κ2) is 5.54. The van der Waals surface area contributed by atoms with E-state index in [-0.39, 0.29) is 5.54 Å². The van der Waals surface area contributed by atoms with E-state index in [9.17, 15) is 5.26 Å². The Morgan fingerprint density at radius 1 is 1.28 bits per heavy atom. The molecule has 0 radical (unpaired) electrons. The van der Waals surface area contributed by atoms with E-state index in [4.69, 9.17) is 0 Å². The first-order chi connectivity index (χ1) is 8.65. The number of benzene rings is 1. The molecule has 96 valence electrons. The number of nitrogens with zero attached hydrogens (tertiary/aromatic N) is 2. The molecule has 1 aromatic rings. The first-order valence-corrected chi connectivity index (χ1v) is 6.86. The quantitative estimate of drug-likeness (QED) is 0.810. The molecule has 1 aromatic carbocycles. The molecule has 0 aliphatic carbocycles. The molecule has 2 nitrogen and oxygen atoms in total. The fourth-order valence-corrected chi connectivity index (χ4v) is 2.76. The lowest BCUT2D eigenvalue weighted by atomic mass is 9.91. The highest BCUT2D eigenvalue weighted by Gasteiger charge is 2.33. The van der Waals surface area contributed by atoms with Gasteiger partial charge in [0.25, 0.3) is 0 Å². The molecule has 2 rings (SSSR count). The van der Waals surface area contributed by atoms with Crippen molar-refractivity contribution in [2.45, 2.75) is 45.1 Å². The van der Waals surface area contributed by atoms with Crippen LogP contribution < -0.4 is 0 Å². The van der Waals surface area contributed by atoms with Crippen molar-refractivity contribution >= 4 is 0 Å². The highest BCUT2D eigenvalue weighted by Crippen LogP contribution is 2.26. The zero-order chi connectivity index (χ0) is 13.0. The predicted molar refractivity (Wildman–Crippen MR) is 74.3 cm³/mol. The number of hydrogen-bond donors (Lipinski definition) is 0. The highest BCUT2D eigenvalue weighted by molar-refractivity contribution is 5.26. The first kappa shape index (κ1) is 13.1. The molecule has 0 aromatic heterocycles. The summed E-state index contributed by atoms with van der Waals surface area (Å²) in [6.07, 6.45) is 4.39. The van der Waals surface area contributed by atoms with Crippen LogP contribution >= 0.6 is 0 Å². The Morgan fingerprint density at radius 3 is 2.56 bits per heavy atom. The summed E-state index contributed by atoms with van der Waals surface area (Å²) in [5, 5.41) is 9.50. The van der Waals surface area contributed by atoms with Crippen molar-refractivity contribution in [2.24, 2.45) is 0 Å². The normalized spacial score (nSPS) is 19.4. The monoisotopic (exact) mass is 242 g/mol. The highest BCUT2D eigenvalue weighted by atomic mass is 15.2. The maximum Gasteiger partial charge on any atom is 0.106 e. The van der Waals surface area contributed by atoms with Gasteiger partial charge in [-0.3, -0.25) is 4.90 Å². The molecule has 2 heteroatoms. The van der Waals surface area contributed by atoms with Crippen LogP contribution in [0.4, 0.5) is 0 Å². The largest absolute Gasteiger partial charge is 0.286 e. The Labute approximate surface area is 110 Å². The molecule has 0 bridgehead atoms. The molecule has 1 aliphatic heterocycles. The van der Waals surface area contributed by atoms with Crippen LogP contribution in [0.1, 0.15) is 37.3 Å². The van der Waals surface area contributed by atoms with E-state index in [1.54, 1.807) is 0 Å². The van der Waals surface area contributed by atoms with Gasteiger partial charge in [-0.15, -0.1) is 0 Å². The topological polar surface area (TPSA) is 27.0 Å². The number of likely N-dealkylation sites (tertiary alicyclic amines) is 1. The van der Waals surface area contributed by atoms with Crippen molar-refractivity contribution in [3.05, 3.63) is 35.4 Å². The fourth-order valence-electron chi connectivity index (χ4n) is 2.76. The van der Waals surface area contributed by atoms with Crippen molar-refractivity contribution in [3.8, 4) is 6.07 Å². The number of aryl methyl sites for hydroxylation is 2. The lowest BCUT2D eigenvalue weighted by Crippen LogP contribution is -2.43. The zero-order valence-electron chi connectivity index (χ0n) is 11.4. The van der Waals surface area contributed by atoms with Crippen LogP contribution in [0, 0.1) is 18.3 Å². The van der Waals surface area contributed by atoms with Crippen LogP contribution in [0.5, 0.6) is 0 Å². The van der Waals surface area contributed by atoms with E-state index < -0.39 is 0 Å². The van der Waals surface area contributed by atoms with E-state index in [0.29, 0.717) is 0 Å². The summed E-state index contributed by atoms with van der Waals surface area (Å²) >= 11 is 0. The standard InChI is InChI=1S/C16H22N2/c1-14-7-3-4-8-15(14)9-10-16(2,13-17)18-11-5-6-12-18/h3-4,7-8H,5-6,9-12H2,1-2H3. The summed E-state index contributed by atoms with van der Waals surface area (Å²) in [4.78, 5) is 2.35. The Bertz CT molecular complexity index is 441. The summed E-state index contributed by atoms with van der Waals surface area (Å²) in [7, 11) is 0. The van der Waals surface area contributed by atoms with E-state index >= 15 is 0 Å². The van der Waals surface area contributed by atoms with E-state index in [1.807, 2.05) is 0 Å². The summed E-state index contributed by atoms with van der Waals surface area (Å²) < 4.78 is 0. The van der Waals surface area contributed by atoms with Crippen LogP contribution in [0.3, 0.4) is 0 Å². The van der Waals surface area contributed by atoms with Gasteiger partial charge in [0, 0.05) is 0 Å². The maximum atomic E-state index is 9.50. The minimum absolute atomic E-state index is 0.293. The minimum atomic E-state index is -0.293. The molecular weight excluding hydrogens is 220 g/mol. The molecule has 0 spiro atoms. The van der Waals surface area contributed by atoms with Crippen molar-refractivity contribution in [2.75, 3.05) is 13.1 Å². The van der Waals surface area contributed by atoms with Gasteiger partial charge < -0.3 is 0 Å². The molecule has 1 aliphatic rings. The van der Waals surface area contributed by atoms with Gasteiger partial charge >= 0.3 is 0 Å². The average Bonchev–Trinajstić information content (AvgIpc) is 2.92. The van der Waals surface area contributed by atoms with Gasteiger partial charge in [-0.25, -0.2) is 0 Å². The van der Waals surface area contributed by atoms with Crippen molar-refractivity contribution in [3.63, 3.8) is 0 Å². The summed E-state index contributed by atoms with van der Waals surface area (Å²) in [5.74, 6) is 0. The molecule has 0 amide bonds. The lowest BCUT2D eigenvalue weighted by molar-refractivity contribution is 0.181. The van der Waals surface area contributed by atoms with Gasteiger partial charge in [0.15, 0.2) is 0 Å². The Balaban J connectivity index is 2.03. The number of rotatable bonds is 4. The van der Waals surface area contributed by atoms with E-state index in [1.165, 1.54) is 24.0 Å². The third kappa shape index (κ3) is 2.73. The Hall–Kier alpha value is -1.33. The van der Waals surface area contributed by atoms with Crippen molar-refractivity contribution in [1.82, 2.24) is 4.90 Å². The third-order valence-corrected chi connectivity index (χ3v) is 4.19. The summed E-state index contributed by atoms with van der Waals surface area (Å²) in [6, 6.07) is 11.0. The van der Waals surface area contributed by atoms with Gasteiger partial charge in [0.2, 0.25) is 0 Å². The molecule has 1 atom stereocenters. The van der Waals surface area contributed by atoms with Gasteiger partial charge in [0.05, 0.1) is 6.07 Å². The summed E-state index contributed by atoms with van der Waals surface area (Å²) in [5.41, 5.74) is 2.41. The second-order valence-corrected chi connectivity index (χ2v) is 5.51. The Morgan fingerprint density at radius 2 is 1.94 bits per heavy atom. The fraction of sp³-hybridized carbons (Fsp3) is 0.562. The van der Waals surface area contributed by atoms with E-state index in [0.717, 1.165) is 25.9 Å². The second-order valence-electron chi connectivity index (χ2n) is 5.51. The zero-order valence-corrected chi connectivity index (χ0v) is 11.4. The van der Waals surface area contributed by atoms with Gasteiger partial charge in [0.1, 0.15) is 5.54 Å². The van der Waals surface area contributed by atoms with Crippen molar-refractivity contribution < 1.29 is 0 Å². The van der Waals surface area contributed by atoms with Crippen molar-refractivity contribution in [1.29, 1.82) is 5.26 Å². The SMILES string of the molecule is Cc1ccccc1CCC(C)(C#N)N1CCCC1. The Kier molecular flexibility index (Phi) is 4.04. The van der Waals surface area contributed by atoms with Gasteiger partial charge in [-0.05, 0) is 63.7 Å². The van der Waals surface area contributed by atoms with Crippen LogP contribution in [0.25, 0.3) is 0 Å². The third-order valence-electron chi connectivity index (χ3n) is 4.19. The smallest absolute Gasteiger partial charge is 0.106 e. The van der Waals surface area contributed by atoms with Gasteiger partial charge in [-0.2, -0.15) is 5.26 Å². The average molecular weight is 242 g/mol. The molecule has 1 saturated heterocycles. The van der Waals surface area contributed by atoms with Crippen LogP contribution in [-0.4, -0.2) is 23.5 Å². The van der Waals surface area contributed by atoms with Crippen LogP contribution in [-0.2, 0) is 6.42 Å². The molecule has 18 heavy (non-hydrogen) atoms. The van der Waals surface area contributed by atoms with Gasteiger partial charge in [-0.1, -0.05) is 24.3 Å². The molecule has 1 unspecified atom stereocenters. The lowest BCUT2D eigenvalue weighted by Gasteiger charge is -2.32. The number of nitriles is 1. The minimum Gasteiger partial charge on any atom is -0.286 e. The maximum absolute atomic E-state index is 9.50. The molecule has 1 fully saturated rings. The molecule has 0 saturated carbocycles. The molecule has 0 N–H and O–H groups in total.